The molecule has 0 aliphatic carbocycles. The molecule has 4 heteroatoms. The highest BCUT2D eigenvalue weighted by molar-refractivity contribution is 5.26. The van der Waals surface area contributed by atoms with Crippen molar-refractivity contribution in [1.29, 1.82) is 0 Å². The number of methoxy groups -OCH3 is 1. The first-order valence-corrected chi connectivity index (χ1v) is 6.12. The lowest BCUT2D eigenvalue weighted by Crippen LogP contribution is -2.36. The van der Waals surface area contributed by atoms with Crippen molar-refractivity contribution in [2.75, 3.05) is 13.7 Å². The number of rotatable bonds is 7. The third-order valence-corrected chi connectivity index (χ3v) is 2.87. The molecule has 0 amide bonds. The molecule has 0 unspecified atom stereocenters. The van der Waals surface area contributed by atoms with E-state index in [-0.39, 0.29) is 12.5 Å². The van der Waals surface area contributed by atoms with Crippen molar-refractivity contribution in [3.8, 4) is 5.75 Å². The second-order valence-electron chi connectivity index (χ2n) is 4.61. The zero-order valence-electron chi connectivity index (χ0n) is 11.2. The number of benzene rings is 1. The SMILES string of the molecule is COc1ccc(CO[C@@H](CO)[C@H](O)C(C)C)cc1. The predicted molar refractivity (Wildman–Crippen MR) is 69.5 cm³/mol. The maximum Gasteiger partial charge on any atom is 0.118 e. The van der Waals surface area contributed by atoms with Crippen LogP contribution in [-0.4, -0.2) is 36.1 Å². The van der Waals surface area contributed by atoms with Gasteiger partial charge in [-0.25, -0.2) is 0 Å². The first-order chi connectivity index (χ1) is 8.58. The van der Waals surface area contributed by atoms with Gasteiger partial charge in [-0.05, 0) is 23.6 Å². The molecule has 0 aliphatic heterocycles. The second kappa shape index (κ2) is 7.36. The minimum Gasteiger partial charge on any atom is -0.497 e. The maximum absolute atomic E-state index is 9.84. The summed E-state index contributed by atoms with van der Waals surface area (Å²) in [4.78, 5) is 0. The van der Waals surface area contributed by atoms with E-state index < -0.39 is 12.2 Å². The van der Waals surface area contributed by atoms with Crippen molar-refractivity contribution in [1.82, 2.24) is 0 Å². The molecule has 2 N–H and O–H groups in total. The number of aliphatic hydroxyl groups excluding tert-OH is 2. The molecule has 102 valence electrons. The summed E-state index contributed by atoms with van der Waals surface area (Å²) in [5.41, 5.74) is 0.977. The van der Waals surface area contributed by atoms with Crippen molar-refractivity contribution in [3.63, 3.8) is 0 Å². The van der Waals surface area contributed by atoms with Crippen LogP contribution in [0.5, 0.6) is 5.75 Å². The smallest absolute Gasteiger partial charge is 0.118 e. The molecule has 2 atom stereocenters. The van der Waals surface area contributed by atoms with E-state index in [0.717, 1.165) is 11.3 Å². The average molecular weight is 254 g/mol. The Bertz CT molecular complexity index is 334. The van der Waals surface area contributed by atoms with E-state index in [4.69, 9.17) is 9.47 Å². The molecule has 4 nitrogen and oxygen atoms in total. The van der Waals surface area contributed by atoms with Crippen LogP contribution in [0.3, 0.4) is 0 Å². The molecular weight excluding hydrogens is 232 g/mol. The van der Waals surface area contributed by atoms with Crippen LogP contribution < -0.4 is 4.74 Å². The minimum absolute atomic E-state index is 0.0537. The third kappa shape index (κ3) is 4.29. The molecule has 1 aromatic rings. The van der Waals surface area contributed by atoms with Crippen molar-refractivity contribution >= 4 is 0 Å². The van der Waals surface area contributed by atoms with Gasteiger partial charge in [-0.15, -0.1) is 0 Å². The Morgan fingerprint density at radius 3 is 2.22 bits per heavy atom. The maximum atomic E-state index is 9.84. The Kier molecular flexibility index (Phi) is 6.12. The lowest BCUT2D eigenvalue weighted by atomic mass is 10.0. The Morgan fingerprint density at radius 2 is 1.78 bits per heavy atom. The molecular formula is C14H22O4. The fourth-order valence-corrected chi connectivity index (χ4v) is 1.61. The van der Waals surface area contributed by atoms with Crippen molar-refractivity contribution in [3.05, 3.63) is 29.8 Å². The van der Waals surface area contributed by atoms with Gasteiger partial charge in [0.2, 0.25) is 0 Å². The van der Waals surface area contributed by atoms with Gasteiger partial charge in [0.1, 0.15) is 11.9 Å². The normalized spacial score (nSPS) is 14.6. The zero-order chi connectivity index (χ0) is 13.5. The van der Waals surface area contributed by atoms with Gasteiger partial charge in [0, 0.05) is 0 Å². The van der Waals surface area contributed by atoms with E-state index >= 15 is 0 Å². The average Bonchev–Trinajstić information content (AvgIpc) is 2.39. The predicted octanol–water partition coefficient (Wildman–Crippen LogP) is 1.59. The summed E-state index contributed by atoms with van der Waals surface area (Å²) >= 11 is 0. The van der Waals surface area contributed by atoms with E-state index in [1.54, 1.807) is 7.11 Å². The zero-order valence-corrected chi connectivity index (χ0v) is 11.2. The molecule has 0 bridgehead atoms. The highest BCUT2D eigenvalue weighted by Crippen LogP contribution is 2.15. The van der Waals surface area contributed by atoms with Gasteiger partial charge in [-0.2, -0.15) is 0 Å². The molecule has 1 rings (SSSR count). The van der Waals surface area contributed by atoms with Crippen molar-refractivity contribution < 1.29 is 19.7 Å². The molecule has 0 saturated carbocycles. The second-order valence-corrected chi connectivity index (χ2v) is 4.61. The number of hydrogen-bond acceptors (Lipinski definition) is 4. The summed E-state index contributed by atoms with van der Waals surface area (Å²) in [6.45, 7) is 3.96. The quantitative estimate of drug-likeness (QED) is 0.776. The van der Waals surface area contributed by atoms with Gasteiger partial charge in [-0.3, -0.25) is 0 Å². The van der Waals surface area contributed by atoms with E-state index in [9.17, 15) is 10.2 Å². The van der Waals surface area contributed by atoms with E-state index in [0.29, 0.717) is 6.61 Å². The van der Waals surface area contributed by atoms with Gasteiger partial charge in [0.25, 0.3) is 0 Å². The Balaban J connectivity index is 2.51. The summed E-state index contributed by atoms with van der Waals surface area (Å²) in [6, 6.07) is 7.50. The van der Waals surface area contributed by atoms with Crippen LogP contribution in [-0.2, 0) is 11.3 Å². The highest BCUT2D eigenvalue weighted by Gasteiger charge is 2.22. The molecule has 0 saturated heterocycles. The standard InChI is InChI=1S/C14H22O4/c1-10(2)14(16)13(8-15)18-9-11-4-6-12(17-3)7-5-11/h4-7,10,13-16H,8-9H2,1-3H3/t13-,14+/m0/s1. The van der Waals surface area contributed by atoms with Crippen LogP contribution in [0.1, 0.15) is 19.4 Å². The molecule has 0 radical (unpaired) electrons. The summed E-state index contributed by atoms with van der Waals surface area (Å²) < 4.78 is 10.6. The van der Waals surface area contributed by atoms with Crippen LogP contribution >= 0.6 is 0 Å². The fourth-order valence-electron chi connectivity index (χ4n) is 1.61. The minimum atomic E-state index is -0.659. The summed E-state index contributed by atoms with van der Waals surface area (Å²) in [5, 5.41) is 19.0. The molecule has 0 aromatic heterocycles. The third-order valence-electron chi connectivity index (χ3n) is 2.87. The van der Waals surface area contributed by atoms with Gasteiger partial charge < -0.3 is 19.7 Å². The first-order valence-electron chi connectivity index (χ1n) is 6.12. The van der Waals surface area contributed by atoms with Crippen LogP contribution in [0.4, 0.5) is 0 Å². The molecule has 0 fully saturated rings. The van der Waals surface area contributed by atoms with E-state index in [1.165, 1.54) is 0 Å². The lowest BCUT2D eigenvalue weighted by Gasteiger charge is -2.24. The molecule has 0 heterocycles. The highest BCUT2D eigenvalue weighted by atomic mass is 16.5. The van der Waals surface area contributed by atoms with Crippen LogP contribution in [0.2, 0.25) is 0 Å². The van der Waals surface area contributed by atoms with Gasteiger partial charge >= 0.3 is 0 Å². The largest absolute Gasteiger partial charge is 0.497 e. The summed E-state index contributed by atoms with van der Waals surface area (Å²) in [6.07, 6.45) is -1.21. The van der Waals surface area contributed by atoms with Gasteiger partial charge in [0.15, 0.2) is 0 Å². The van der Waals surface area contributed by atoms with Crippen LogP contribution in [0.25, 0.3) is 0 Å². The number of ether oxygens (including phenoxy) is 2. The Hall–Kier alpha value is -1.10. The topological polar surface area (TPSA) is 58.9 Å². The molecule has 0 spiro atoms. The van der Waals surface area contributed by atoms with Crippen molar-refractivity contribution in [2.45, 2.75) is 32.7 Å². The van der Waals surface area contributed by atoms with Crippen LogP contribution in [0, 0.1) is 5.92 Å². The molecule has 18 heavy (non-hydrogen) atoms. The lowest BCUT2D eigenvalue weighted by molar-refractivity contribution is -0.0857. The molecule has 1 aromatic carbocycles. The van der Waals surface area contributed by atoms with E-state index in [1.807, 2.05) is 38.1 Å². The number of hydrogen-bond donors (Lipinski definition) is 2. The Morgan fingerprint density at radius 1 is 1.17 bits per heavy atom. The Labute approximate surface area is 108 Å². The number of aliphatic hydroxyl groups is 2. The van der Waals surface area contributed by atoms with Crippen LogP contribution in [0.15, 0.2) is 24.3 Å². The van der Waals surface area contributed by atoms with Gasteiger partial charge in [0.05, 0.1) is 26.4 Å². The van der Waals surface area contributed by atoms with Gasteiger partial charge in [-0.1, -0.05) is 26.0 Å². The first kappa shape index (κ1) is 15.0. The van der Waals surface area contributed by atoms with E-state index in [2.05, 4.69) is 0 Å². The van der Waals surface area contributed by atoms with Crippen molar-refractivity contribution in [2.24, 2.45) is 5.92 Å². The monoisotopic (exact) mass is 254 g/mol. The fraction of sp³-hybridized carbons (Fsp3) is 0.571. The summed E-state index contributed by atoms with van der Waals surface area (Å²) in [7, 11) is 1.62. The molecule has 0 aliphatic rings. The summed E-state index contributed by atoms with van der Waals surface area (Å²) in [5.74, 6) is 0.845.